The highest BCUT2D eigenvalue weighted by Gasteiger charge is 2.13. The third kappa shape index (κ3) is 3.95. The van der Waals surface area contributed by atoms with Gasteiger partial charge in [-0.2, -0.15) is 0 Å². The van der Waals surface area contributed by atoms with Gasteiger partial charge in [0.1, 0.15) is 0 Å². The molecule has 0 saturated carbocycles. The van der Waals surface area contributed by atoms with E-state index in [0.29, 0.717) is 5.92 Å². The highest BCUT2D eigenvalue weighted by atomic mass is 79.9. The molecule has 0 spiro atoms. The van der Waals surface area contributed by atoms with E-state index in [1.165, 1.54) is 26.7 Å². The smallest absolute Gasteiger partial charge is 0.0207 e. The number of aryl methyl sites for hydroxylation is 2. The number of rotatable bonds is 5. The Morgan fingerprint density at radius 3 is 2.15 bits per heavy atom. The maximum Gasteiger partial charge on any atom is 0.0207 e. The number of alkyl halides is 1. The second-order valence-electron chi connectivity index (χ2n) is 5.39. The fourth-order valence-electron chi connectivity index (χ4n) is 2.62. The lowest BCUT2D eigenvalue weighted by Crippen LogP contribution is -2.12. The first kappa shape index (κ1) is 15.8. The maximum atomic E-state index is 3.69. The van der Waals surface area contributed by atoms with Crippen LogP contribution in [-0.4, -0.2) is 5.33 Å². The summed E-state index contributed by atoms with van der Waals surface area (Å²) in [5.41, 5.74) is 5.71. The van der Waals surface area contributed by atoms with Crippen LogP contribution >= 0.6 is 31.9 Å². The lowest BCUT2D eigenvalue weighted by atomic mass is 9.90. The second-order valence-corrected chi connectivity index (χ2v) is 6.89. The van der Waals surface area contributed by atoms with Crippen LogP contribution in [0.25, 0.3) is 0 Å². The van der Waals surface area contributed by atoms with E-state index in [1.807, 2.05) is 0 Å². The van der Waals surface area contributed by atoms with Gasteiger partial charge in [0.2, 0.25) is 0 Å². The van der Waals surface area contributed by atoms with Gasteiger partial charge in [-0.05, 0) is 60.9 Å². The fraction of sp³-hybridized carbons (Fsp3) is 0.333. The van der Waals surface area contributed by atoms with Gasteiger partial charge in [-0.15, -0.1) is 0 Å². The van der Waals surface area contributed by atoms with Crippen molar-refractivity contribution in [3.05, 3.63) is 69.2 Å². The molecule has 2 rings (SSSR count). The van der Waals surface area contributed by atoms with E-state index in [-0.39, 0.29) is 0 Å². The molecule has 0 heterocycles. The molecule has 0 radical (unpaired) electrons. The van der Waals surface area contributed by atoms with Crippen molar-refractivity contribution in [2.45, 2.75) is 26.7 Å². The zero-order valence-corrected chi connectivity index (χ0v) is 15.2. The third-order valence-corrected chi connectivity index (χ3v) is 5.51. The molecule has 0 saturated heterocycles. The molecule has 0 aliphatic rings. The molecule has 0 nitrogen and oxygen atoms in total. The molecule has 20 heavy (non-hydrogen) atoms. The molecule has 2 aromatic carbocycles. The Morgan fingerprint density at radius 1 is 0.900 bits per heavy atom. The van der Waals surface area contributed by atoms with Crippen LogP contribution in [0.3, 0.4) is 0 Å². The summed E-state index contributed by atoms with van der Waals surface area (Å²) in [7, 11) is 0. The summed E-state index contributed by atoms with van der Waals surface area (Å²) < 4.78 is 1.22. The van der Waals surface area contributed by atoms with Crippen LogP contribution in [0, 0.1) is 19.8 Å². The van der Waals surface area contributed by atoms with Gasteiger partial charge < -0.3 is 0 Å². The Morgan fingerprint density at radius 2 is 1.55 bits per heavy atom. The van der Waals surface area contributed by atoms with Crippen molar-refractivity contribution in [2.75, 3.05) is 5.33 Å². The van der Waals surface area contributed by atoms with Crippen LogP contribution < -0.4 is 0 Å². The number of benzene rings is 2. The van der Waals surface area contributed by atoms with Crippen LogP contribution in [0.1, 0.15) is 22.3 Å². The van der Waals surface area contributed by atoms with Gasteiger partial charge in [0.05, 0.1) is 0 Å². The lowest BCUT2D eigenvalue weighted by Gasteiger charge is -2.18. The minimum absolute atomic E-state index is 0.619. The number of hydrogen-bond acceptors (Lipinski definition) is 0. The Kier molecular flexibility index (Phi) is 5.86. The quantitative estimate of drug-likeness (QED) is 0.556. The summed E-state index contributed by atoms with van der Waals surface area (Å²) in [4.78, 5) is 0. The maximum absolute atomic E-state index is 3.69. The molecule has 2 heteroatoms. The van der Waals surface area contributed by atoms with Gasteiger partial charge in [-0.1, -0.05) is 68.3 Å². The van der Waals surface area contributed by atoms with E-state index >= 15 is 0 Å². The van der Waals surface area contributed by atoms with Crippen molar-refractivity contribution in [1.29, 1.82) is 0 Å². The second kappa shape index (κ2) is 7.42. The average molecular weight is 396 g/mol. The molecular formula is C18H20Br2. The largest absolute Gasteiger partial charge is 0.0925 e. The summed E-state index contributed by atoms with van der Waals surface area (Å²) in [6.45, 7) is 4.43. The van der Waals surface area contributed by atoms with Crippen molar-refractivity contribution in [1.82, 2.24) is 0 Å². The molecule has 2 aromatic rings. The summed E-state index contributed by atoms with van der Waals surface area (Å²) in [6.07, 6.45) is 2.23. The summed E-state index contributed by atoms with van der Waals surface area (Å²) in [6, 6.07) is 15.1. The van der Waals surface area contributed by atoms with Gasteiger partial charge in [-0.3, -0.25) is 0 Å². The van der Waals surface area contributed by atoms with Crippen LogP contribution in [0.4, 0.5) is 0 Å². The first-order valence-electron chi connectivity index (χ1n) is 6.96. The zero-order chi connectivity index (χ0) is 14.5. The van der Waals surface area contributed by atoms with E-state index in [4.69, 9.17) is 0 Å². The fourth-order valence-corrected chi connectivity index (χ4v) is 3.52. The molecular weight excluding hydrogens is 376 g/mol. The monoisotopic (exact) mass is 394 g/mol. The highest BCUT2D eigenvalue weighted by Crippen LogP contribution is 2.25. The summed E-state index contributed by atoms with van der Waals surface area (Å²) >= 11 is 7.34. The molecule has 0 aromatic heterocycles. The zero-order valence-electron chi connectivity index (χ0n) is 12.0. The highest BCUT2D eigenvalue weighted by molar-refractivity contribution is 9.10. The molecule has 0 fully saturated rings. The van der Waals surface area contributed by atoms with Crippen LogP contribution in [0.15, 0.2) is 46.9 Å². The molecule has 0 amide bonds. The van der Waals surface area contributed by atoms with Crippen LogP contribution in [-0.2, 0) is 12.8 Å². The van der Waals surface area contributed by atoms with E-state index in [2.05, 4.69) is 88.2 Å². The van der Waals surface area contributed by atoms with E-state index in [9.17, 15) is 0 Å². The summed E-state index contributed by atoms with van der Waals surface area (Å²) in [5, 5.41) is 1.03. The van der Waals surface area contributed by atoms with E-state index in [0.717, 1.165) is 18.2 Å². The van der Waals surface area contributed by atoms with E-state index in [1.54, 1.807) is 0 Å². The lowest BCUT2D eigenvalue weighted by molar-refractivity contribution is 0.586. The Labute approximate surface area is 138 Å². The molecule has 106 valence electrons. The number of halogens is 2. The van der Waals surface area contributed by atoms with Crippen molar-refractivity contribution in [3.8, 4) is 0 Å². The Balaban J connectivity index is 2.16. The predicted octanol–water partition coefficient (Wildman–Crippen LogP) is 5.86. The molecule has 1 unspecified atom stereocenters. The molecule has 0 N–H and O–H groups in total. The van der Waals surface area contributed by atoms with Gasteiger partial charge in [0.15, 0.2) is 0 Å². The topological polar surface area (TPSA) is 0 Å². The molecule has 0 bridgehead atoms. The summed E-state index contributed by atoms with van der Waals surface area (Å²) in [5.74, 6) is 0.619. The van der Waals surface area contributed by atoms with Gasteiger partial charge in [0.25, 0.3) is 0 Å². The molecule has 0 aliphatic heterocycles. The predicted molar refractivity (Wildman–Crippen MR) is 94.8 cm³/mol. The van der Waals surface area contributed by atoms with Gasteiger partial charge in [0, 0.05) is 9.80 Å². The number of hydrogen-bond donors (Lipinski definition) is 0. The average Bonchev–Trinajstić information content (AvgIpc) is 2.44. The first-order valence-corrected chi connectivity index (χ1v) is 8.87. The van der Waals surface area contributed by atoms with Crippen molar-refractivity contribution in [3.63, 3.8) is 0 Å². The van der Waals surface area contributed by atoms with Gasteiger partial charge in [-0.25, -0.2) is 0 Å². The SMILES string of the molecule is Cc1cccc(C)c1CC(CBr)Cc1ccccc1Br. The Hall–Kier alpha value is -0.600. The van der Waals surface area contributed by atoms with Gasteiger partial charge >= 0.3 is 0 Å². The normalized spacial score (nSPS) is 12.4. The minimum Gasteiger partial charge on any atom is -0.0925 e. The van der Waals surface area contributed by atoms with Crippen molar-refractivity contribution >= 4 is 31.9 Å². The first-order chi connectivity index (χ1) is 9.61. The van der Waals surface area contributed by atoms with Crippen molar-refractivity contribution in [2.24, 2.45) is 5.92 Å². The van der Waals surface area contributed by atoms with Crippen LogP contribution in [0.2, 0.25) is 0 Å². The van der Waals surface area contributed by atoms with Crippen molar-refractivity contribution < 1.29 is 0 Å². The molecule has 0 aliphatic carbocycles. The molecule has 1 atom stereocenters. The Bertz CT molecular complexity index is 555. The third-order valence-electron chi connectivity index (χ3n) is 3.82. The minimum atomic E-state index is 0.619. The van der Waals surface area contributed by atoms with E-state index < -0.39 is 0 Å². The van der Waals surface area contributed by atoms with Crippen LogP contribution in [0.5, 0.6) is 0 Å². The standard InChI is InChI=1S/C18H20Br2/c1-13-6-5-7-14(2)17(13)11-15(12-19)10-16-8-3-4-9-18(16)20/h3-9,15H,10-12H2,1-2H3.